The maximum Gasteiger partial charge on any atom is 0.256 e. The SMILES string of the molecule is Cn1ncc2c1CCOC2CN1CCC(Oc2cccc3c2ccn3CC(F)F)CC1. The fraction of sp³-hybridized carbons (Fsp3) is 0.522. The van der Waals surface area contributed by atoms with Crippen LogP contribution in [0.3, 0.4) is 0 Å². The molecule has 1 fully saturated rings. The molecule has 0 N–H and O–H groups in total. The van der Waals surface area contributed by atoms with Crippen LogP contribution >= 0.6 is 0 Å². The van der Waals surface area contributed by atoms with Gasteiger partial charge in [-0.15, -0.1) is 0 Å². The number of alkyl halides is 2. The monoisotopic (exact) mass is 430 g/mol. The number of benzene rings is 1. The summed E-state index contributed by atoms with van der Waals surface area (Å²) in [5, 5.41) is 5.29. The standard InChI is InChI=1S/C23H28F2N4O2/c1-27-19-8-12-30-22(18(19)13-26-27)14-28-9-5-16(6-10-28)31-21-4-2-3-20-17(21)7-11-29(20)15-23(24)25/h2-4,7,11,13,16,22-23H,5-6,8-10,12,14-15H2,1H3. The van der Waals surface area contributed by atoms with Crippen LogP contribution in [0.15, 0.2) is 36.7 Å². The second-order valence-corrected chi connectivity index (χ2v) is 8.45. The highest BCUT2D eigenvalue weighted by Gasteiger charge is 2.28. The second-order valence-electron chi connectivity index (χ2n) is 8.45. The van der Waals surface area contributed by atoms with Crippen LogP contribution < -0.4 is 4.74 Å². The van der Waals surface area contributed by atoms with Crippen molar-refractivity contribution in [1.82, 2.24) is 19.2 Å². The minimum absolute atomic E-state index is 0.0817. The van der Waals surface area contributed by atoms with E-state index in [-0.39, 0.29) is 18.8 Å². The third kappa shape index (κ3) is 4.19. The third-order valence-electron chi connectivity index (χ3n) is 6.46. The fourth-order valence-electron chi connectivity index (χ4n) is 4.82. The Balaban J connectivity index is 1.20. The molecule has 0 bridgehead atoms. The van der Waals surface area contributed by atoms with Crippen molar-refractivity contribution in [3.63, 3.8) is 0 Å². The lowest BCUT2D eigenvalue weighted by atomic mass is 10.0. The quantitative estimate of drug-likeness (QED) is 0.597. The molecule has 0 amide bonds. The van der Waals surface area contributed by atoms with Crippen LogP contribution in [0.4, 0.5) is 8.78 Å². The number of likely N-dealkylation sites (tertiary alicyclic amines) is 1. The molecule has 1 atom stereocenters. The third-order valence-corrected chi connectivity index (χ3v) is 6.46. The Hall–Kier alpha value is -2.45. The number of nitrogens with zero attached hydrogens (tertiary/aromatic N) is 4. The van der Waals surface area contributed by atoms with Gasteiger partial charge in [0.15, 0.2) is 0 Å². The molecule has 0 saturated carbocycles. The lowest BCUT2D eigenvalue weighted by molar-refractivity contribution is 0.00184. The summed E-state index contributed by atoms with van der Waals surface area (Å²) in [6, 6.07) is 7.54. The first kappa shape index (κ1) is 20.5. The van der Waals surface area contributed by atoms with Crippen molar-refractivity contribution < 1.29 is 18.3 Å². The summed E-state index contributed by atoms with van der Waals surface area (Å²) in [5.41, 5.74) is 3.28. The van der Waals surface area contributed by atoms with E-state index in [0.717, 1.165) is 62.2 Å². The van der Waals surface area contributed by atoms with Crippen molar-refractivity contribution in [3.05, 3.63) is 47.9 Å². The van der Waals surface area contributed by atoms with Gasteiger partial charge < -0.3 is 18.9 Å². The van der Waals surface area contributed by atoms with Gasteiger partial charge in [0.25, 0.3) is 6.43 Å². The van der Waals surface area contributed by atoms with Crippen molar-refractivity contribution in [1.29, 1.82) is 0 Å². The van der Waals surface area contributed by atoms with Gasteiger partial charge in [-0.2, -0.15) is 5.10 Å². The first-order chi connectivity index (χ1) is 15.1. The summed E-state index contributed by atoms with van der Waals surface area (Å²) in [7, 11) is 1.99. The zero-order valence-corrected chi connectivity index (χ0v) is 17.7. The van der Waals surface area contributed by atoms with Gasteiger partial charge in [-0.3, -0.25) is 4.68 Å². The average molecular weight is 430 g/mol. The van der Waals surface area contributed by atoms with Gasteiger partial charge in [0.05, 0.1) is 31.0 Å². The van der Waals surface area contributed by atoms with E-state index in [1.807, 2.05) is 42.2 Å². The maximum atomic E-state index is 12.8. The first-order valence-corrected chi connectivity index (χ1v) is 11.0. The van der Waals surface area contributed by atoms with Crippen LogP contribution in [0.1, 0.15) is 30.2 Å². The summed E-state index contributed by atoms with van der Waals surface area (Å²) >= 11 is 0. The van der Waals surface area contributed by atoms with Crippen LogP contribution in [0.5, 0.6) is 5.75 Å². The summed E-state index contributed by atoms with van der Waals surface area (Å²) in [6.45, 7) is 3.21. The molecule has 0 radical (unpaired) electrons. The zero-order valence-electron chi connectivity index (χ0n) is 17.7. The van der Waals surface area contributed by atoms with Gasteiger partial charge in [-0.05, 0) is 31.0 Å². The molecular weight excluding hydrogens is 402 g/mol. The number of rotatable bonds is 6. The summed E-state index contributed by atoms with van der Waals surface area (Å²) in [5.74, 6) is 0.777. The van der Waals surface area contributed by atoms with E-state index in [1.54, 1.807) is 10.8 Å². The van der Waals surface area contributed by atoms with Gasteiger partial charge >= 0.3 is 0 Å². The molecule has 2 aliphatic heterocycles. The molecule has 0 spiro atoms. The Bertz CT molecular complexity index is 1040. The molecule has 2 aromatic heterocycles. The smallest absolute Gasteiger partial charge is 0.256 e. The van der Waals surface area contributed by atoms with E-state index < -0.39 is 6.43 Å². The van der Waals surface area contributed by atoms with Crippen molar-refractivity contribution in [2.45, 2.75) is 44.4 Å². The number of hydrogen-bond donors (Lipinski definition) is 0. The predicted octanol–water partition coefficient (Wildman–Crippen LogP) is 3.80. The summed E-state index contributed by atoms with van der Waals surface area (Å²) in [6.07, 6.45) is 4.27. The number of halogens is 2. The number of aryl methyl sites for hydroxylation is 1. The van der Waals surface area contributed by atoms with Gasteiger partial charge in [-0.1, -0.05) is 6.07 Å². The molecule has 166 valence electrons. The van der Waals surface area contributed by atoms with Gasteiger partial charge in [0, 0.05) is 55.9 Å². The van der Waals surface area contributed by atoms with E-state index in [9.17, 15) is 8.78 Å². The molecule has 4 heterocycles. The second kappa shape index (κ2) is 8.59. The molecule has 8 heteroatoms. The van der Waals surface area contributed by atoms with E-state index >= 15 is 0 Å². The van der Waals surface area contributed by atoms with Crippen LogP contribution in [-0.2, 0) is 24.8 Å². The minimum Gasteiger partial charge on any atom is -0.490 e. The number of piperidine rings is 1. The minimum atomic E-state index is -2.37. The summed E-state index contributed by atoms with van der Waals surface area (Å²) < 4.78 is 41.5. The Morgan fingerprint density at radius 3 is 2.87 bits per heavy atom. The highest BCUT2D eigenvalue weighted by Crippen LogP contribution is 2.31. The van der Waals surface area contributed by atoms with E-state index in [2.05, 4.69) is 10.00 Å². The van der Waals surface area contributed by atoms with Crippen LogP contribution in [0.2, 0.25) is 0 Å². The van der Waals surface area contributed by atoms with E-state index in [0.29, 0.717) is 0 Å². The number of fused-ring (bicyclic) bond motifs is 2. The highest BCUT2D eigenvalue weighted by atomic mass is 19.3. The molecular formula is C23H28F2N4O2. The fourth-order valence-corrected chi connectivity index (χ4v) is 4.82. The topological polar surface area (TPSA) is 44.4 Å². The van der Waals surface area contributed by atoms with Crippen molar-refractivity contribution in [2.24, 2.45) is 7.05 Å². The lowest BCUT2D eigenvalue weighted by Crippen LogP contribution is -2.41. The van der Waals surface area contributed by atoms with Crippen LogP contribution in [0, 0.1) is 0 Å². The molecule has 1 aromatic carbocycles. The number of ether oxygens (including phenoxy) is 2. The molecule has 3 aromatic rings. The molecule has 6 nitrogen and oxygen atoms in total. The van der Waals surface area contributed by atoms with Crippen molar-refractivity contribution in [3.8, 4) is 5.75 Å². The van der Waals surface area contributed by atoms with Crippen molar-refractivity contribution >= 4 is 10.9 Å². The van der Waals surface area contributed by atoms with Gasteiger partial charge in [0.1, 0.15) is 11.9 Å². The molecule has 1 saturated heterocycles. The van der Waals surface area contributed by atoms with Crippen LogP contribution in [0.25, 0.3) is 10.9 Å². The van der Waals surface area contributed by atoms with Gasteiger partial charge in [-0.25, -0.2) is 8.78 Å². The van der Waals surface area contributed by atoms with Crippen molar-refractivity contribution in [2.75, 3.05) is 26.2 Å². The number of hydrogen-bond acceptors (Lipinski definition) is 4. The molecule has 5 rings (SSSR count). The normalized spacial score (nSPS) is 20.5. The van der Waals surface area contributed by atoms with E-state index in [1.165, 1.54) is 11.3 Å². The first-order valence-electron chi connectivity index (χ1n) is 11.0. The number of aromatic nitrogens is 3. The highest BCUT2D eigenvalue weighted by molar-refractivity contribution is 5.86. The summed E-state index contributed by atoms with van der Waals surface area (Å²) in [4.78, 5) is 2.44. The Labute approximate surface area is 180 Å². The molecule has 2 aliphatic rings. The molecule has 1 unspecified atom stereocenters. The maximum absolute atomic E-state index is 12.8. The lowest BCUT2D eigenvalue weighted by Gasteiger charge is -2.35. The molecule has 31 heavy (non-hydrogen) atoms. The van der Waals surface area contributed by atoms with Crippen LogP contribution in [-0.4, -0.2) is 58.0 Å². The van der Waals surface area contributed by atoms with Gasteiger partial charge in [0.2, 0.25) is 0 Å². The predicted molar refractivity (Wildman–Crippen MR) is 114 cm³/mol. The Kier molecular flexibility index (Phi) is 5.67. The van der Waals surface area contributed by atoms with E-state index in [4.69, 9.17) is 9.47 Å². The Morgan fingerprint density at radius 2 is 2.06 bits per heavy atom. The Morgan fingerprint density at radius 1 is 1.23 bits per heavy atom. The molecule has 0 aliphatic carbocycles. The zero-order chi connectivity index (χ0) is 21.4. The largest absolute Gasteiger partial charge is 0.490 e. The average Bonchev–Trinajstić information content (AvgIpc) is 3.34.